The lowest BCUT2D eigenvalue weighted by Crippen LogP contribution is -2.22. The Morgan fingerprint density at radius 1 is 0.871 bits per heavy atom. The van der Waals surface area contributed by atoms with Gasteiger partial charge in [0, 0.05) is 28.6 Å². The molecule has 1 aromatic heterocycles. The third kappa shape index (κ3) is 5.00. The number of carbonyl (C=O) groups is 1. The summed E-state index contributed by atoms with van der Waals surface area (Å²) in [5.41, 5.74) is 3.24. The van der Waals surface area contributed by atoms with Crippen LogP contribution in [0.4, 0.5) is 13.2 Å². The molecule has 3 aromatic carbocycles. The van der Waals surface area contributed by atoms with Crippen LogP contribution in [0.25, 0.3) is 21.8 Å². The molecule has 4 aromatic rings. The number of alkyl halides is 3. The Labute approximate surface area is 181 Å². The molecular weight excluding hydrogens is 421 g/mol. The molecule has 0 unspecified atom stereocenters. The van der Waals surface area contributed by atoms with E-state index in [1.54, 1.807) is 11.3 Å². The van der Waals surface area contributed by atoms with Gasteiger partial charge < -0.3 is 5.32 Å². The van der Waals surface area contributed by atoms with E-state index in [0.29, 0.717) is 0 Å². The maximum Gasteiger partial charge on any atom is 0.416 e. The van der Waals surface area contributed by atoms with Crippen LogP contribution < -0.4 is 5.32 Å². The Kier molecular flexibility index (Phi) is 5.86. The maximum absolute atomic E-state index is 12.6. The van der Waals surface area contributed by atoms with Crippen molar-refractivity contribution in [1.29, 1.82) is 0 Å². The predicted octanol–water partition coefficient (Wildman–Crippen LogP) is 6.43. The van der Waals surface area contributed by atoms with Gasteiger partial charge >= 0.3 is 6.18 Å². The molecule has 0 saturated carbocycles. The summed E-state index contributed by atoms with van der Waals surface area (Å²) in [7, 11) is 0. The Bertz CT molecular complexity index is 1170. The van der Waals surface area contributed by atoms with Crippen molar-refractivity contribution < 1.29 is 18.0 Å². The quantitative estimate of drug-likeness (QED) is 0.390. The molecule has 156 valence electrons. The smallest absolute Gasteiger partial charge is 0.348 e. The number of hydrogen-bond donors (Lipinski definition) is 1. The van der Waals surface area contributed by atoms with Gasteiger partial charge in [-0.2, -0.15) is 13.2 Å². The van der Waals surface area contributed by atoms with Gasteiger partial charge in [0.25, 0.3) is 5.91 Å². The second-order valence-corrected chi connectivity index (χ2v) is 7.72. The summed E-state index contributed by atoms with van der Waals surface area (Å²) in [6, 6.07) is 21.8. The number of nitrogens with zero attached hydrogens (tertiary/aromatic N) is 1. The van der Waals surface area contributed by atoms with E-state index in [1.807, 2.05) is 60.0 Å². The third-order valence-corrected chi connectivity index (χ3v) is 5.59. The molecule has 0 fully saturated rings. The minimum Gasteiger partial charge on any atom is -0.348 e. The van der Waals surface area contributed by atoms with E-state index in [4.69, 9.17) is 0 Å². The Hall–Kier alpha value is -3.45. The number of halogens is 3. The zero-order valence-corrected chi connectivity index (χ0v) is 17.0. The van der Waals surface area contributed by atoms with Crippen LogP contribution in [-0.4, -0.2) is 10.9 Å². The largest absolute Gasteiger partial charge is 0.416 e. The number of aromatic nitrogens is 1. The van der Waals surface area contributed by atoms with Crippen molar-refractivity contribution in [3.8, 4) is 21.8 Å². The molecule has 0 aliphatic rings. The molecular formula is C24H17F3N2OS. The van der Waals surface area contributed by atoms with E-state index in [0.717, 1.165) is 39.5 Å². The highest BCUT2D eigenvalue weighted by Crippen LogP contribution is 2.30. The zero-order chi connectivity index (χ0) is 21.8. The van der Waals surface area contributed by atoms with E-state index in [2.05, 4.69) is 10.3 Å². The van der Waals surface area contributed by atoms with Crippen LogP contribution in [0.3, 0.4) is 0 Å². The first-order valence-electron chi connectivity index (χ1n) is 9.46. The van der Waals surface area contributed by atoms with Crippen molar-refractivity contribution in [1.82, 2.24) is 10.3 Å². The highest BCUT2D eigenvalue weighted by atomic mass is 32.1. The molecule has 3 nitrogen and oxygen atoms in total. The summed E-state index contributed by atoms with van der Waals surface area (Å²) in [6.45, 7) is 0.271. The number of hydrogen-bond acceptors (Lipinski definition) is 3. The molecule has 4 rings (SSSR count). The lowest BCUT2D eigenvalue weighted by Gasteiger charge is -2.09. The second kappa shape index (κ2) is 8.73. The average molecular weight is 438 g/mol. The van der Waals surface area contributed by atoms with E-state index < -0.39 is 17.6 Å². The van der Waals surface area contributed by atoms with Gasteiger partial charge in [0.15, 0.2) is 0 Å². The monoisotopic (exact) mass is 438 g/mol. The molecule has 0 bridgehead atoms. The van der Waals surface area contributed by atoms with Crippen molar-refractivity contribution >= 4 is 17.2 Å². The standard InChI is InChI=1S/C24H17F3N2OS/c25-24(26,27)20-12-10-18(11-13-20)22(30)28-14-16-6-8-19(9-7-16)23-29-21(15-31-23)17-4-2-1-3-5-17/h1-13,15H,14H2,(H,28,30). The molecule has 7 heteroatoms. The van der Waals surface area contributed by atoms with Crippen LogP contribution in [0.2, 0.25) is 0 Å². The number of amides is 1. The van der Waals surface area contributed by atoms with E-state index in [-0.39, 0.29) is 12.1 Å². The first-order valence-corrected chi connectivity index (χ1v) is 10.3. The zero-order valence-electron chi connectivity index (χ0n) is 16.2. The number of thiazole rings is 1. The van der Waals surface area contributed by atoms with Crippen LogP contribution in [0.15, 0.2) is 84.2 Å². The number of rotatable bonds is 5. The fourth-order valence-corrected chi connectivity index (χ4v) is 3.84. The van der Waals surface area contributed by atoms with Crippen molar-refractivity contribution in [3.05, 3.63) is 101 Å². The van der Waals surface area contributed by atoms with Gasteiger partial charge in [0.2, 0.25) is 0 Å². The Morgan fingerprint density at radius 2 is 1.55 bits per heavy atom. The normalized spacial score (nSPS) is 11.3. The summed E-state index contributed by atoms with van der Waals surface area (Å²) < 4.78 is 37.9. The number of benzene rings is 3. The van der Waals surface area contributed by atoms with Gasteiger partial charge in [-0.15, -0.1) is 11.3 Å². The minimum atomic E-state index is -4.42. The van der Waals surface area contributed by atoms with Crippen LogP contribution in [0.5, 0.6) is 0 Å². The molecule has 0 atom stereocenters. The lowest BCUT2D eigenvalue weighted by molar-refractivity contribution is -0.137. The second-order valence-electron chi connectivity index (χ2n) is 6.86. The van der Waals surface area contributed by atoms with Crippen LogP contribution in [-0.2, 0) is 12.7 Å². The molecule has 0 aliphatic heterocycles. The predicted molar refractivity (Wildman–Crippen MR) is 116 cm³/mol. The van der Waals surface area contributed by atoms with Gasteiger partial charge in [-0.25, -0.2) is 4.98 Å². The van der Waals surface area contributed by atoms with E-state index >= 15 is 0 Å². The first-order chi connectivity index (χ1) is 14.9. The molecule has 0 radical (unpaired) electrons. The van der Waals surface area contributed by atoms with E-state index in [9.17, 15) is 18.0 Å². The van der Waals surface area contributed by atoms with Crippen molar-refractivity contribution in [3.63, 3.8) is 0 Å². The topological polar surface area (TPSA) is 42.0 Å². The summed E-state index contributed by atoms with van der Waals surface area (Å²) in [5, 5.41) is 5.64. The summed E-state index contributed by atoms with van der Waals surface area (Å²) in [4.78, 5) is 16.9. The Morgan fingerprint density at radius 3 is 2.19 bits per heavy atom. The van der Waals surface area contributed by atoms with Gasteiger partial charge in [0.05, 0.1) is 11.3 Å². The molecule has 0 saturated heterocycles. The summed E-state index contributed by atoms with van der Waals surface area (Å²) in [5.74, 6) is -0.426. The fourth-order valence-electron chi connectivity index (χ4n) is 3.01. The molecule has 1 N–H and O–H groups in total. The van der Waals surface area contributed by atoms with Gasteiger partial charge in [-0.1, -0.05) is 54.6 Å². The highest BCUT2D eigenvalue weighted by molar-refractivity contribution is 7.13. The highest BCUT2D eigenvalue weighted by Gasteiger charge is 2.30. The van der Waals surface area contributed by atoms with Crippen molar-refractivity contribution in [2.45, 2.75) is 12.7 Å². The molecule has 31 heavy (non-hydrogen) atoms. The van der Waals surface area contributed by atoms with E-state index in [1.165, 1.54) is 12.1 Å². The molecule has 0 spiro atoms. The van der Waals surface area contributed by atoms with Gasteiger partial charge in [-0.05, 0) is 29.8 Å². The summed E-state index contributed by atoms with van der Waals surface area (Å²) in [6.07, 6.45) is -4.42. The third-order valence-electron chi connectivity index (χ3n) is 4.70. The number of nitrogens with one attached hydrogen (secondary N) is 1. The Balaban J connectivity index is 1.38. The molecule has 1 heterocycles. The van der Waals surface area contributed by atoms with Gasteiger partial charge in [-0.3, -0.25) is 4.79 Å². The SMILES string of the molecule is O=C(NCc1ccc(-c2nc(-c3ccccc3)cs2)cc1)c1ccc(C(F)(F)F)cc1. The van der Waals surface area contributed by atoms with Crippen LogP contribution in [0.1, 0.15) is 21.5 Å². The van der Waals surface area contributed by atoms with Crippen molar-refractivity contribution in [2.24, 2.45) is 0 Å². The van der Waals surface area contributed by atoms with Gasteiger partial charge in [0.1, 0.15) is 5.01 Å². The molecule has 1 amide bonds. The number of carbonyl (C=O) groups excluding carboxylic acids is 1. The average Bonchev–Trinajstić information content (AvgIpc) is 3.28. The minimum absolute atomic E-state index is 0.181. The lowest BCUT2D eigenvalue weighted by atomic mass is 10.1. The van der Waals surface area contributed by atoms with Crippen molar-refractivity contribution in [2.75, 3.05) is 0 Å². The molecule has 0 aliphatic carbocycles. The van der Waals surface area contributed by atoms with Crippen LogP contribution in [0, 0.1) is 0 Å². The first kappa shape index (κ1) is 20.8. The summed E-state index contributed by atoms with van der Waals surface area (Å²) >= 11 is 1.56. The van der Waals surface area contributed by atoms with Crippen LogP contribution >= 0.6 is 11.3 Å². The fraction of sp³-hybridized carbons (Fsp3) is 0.0833. The maximum atomic E-state index is 12.6.